The van der Waals surface area contributed by atoms with E-state index in [1.807, 2.05) is 0 Å². The Morgan fingerprint density at radius 2 is 2.27 bits per heavy atom. The van der Waals surface area contributed by atoms with Crippen LogP contribution in [0.15, 0.2) is 12.7 Å². The second-order valence-corrected chi connectivity index (χ2v) is 3.55. The van der Waals surface area contributed by atoms with E-state index in [1.54, 1.807) is 0 Å². The summed E-state index contributed by atoms with van der Waals surface area (Å²) in [7, 11) is 0. The van der Waals surface area contributed by atoms with Gasteiger partial charge in [-0.15, -0.1) is 0 Å². The van der Waals surface area contributed by atoms with E-state index in [2.05, 4.69) is 11.9 Å². The van der Waals surface area contributed by atoms with Gasteiger partial charge in [-0.25, -0.2) is 4.79 Å². The quantitative estimate of drug-likeness (QED) is 0.668. The third kappa shape index (κ3) is 3.27. The lowest BCUT2D eigenvalue weighted by atomic mass is 9.74. The largest absolute Gasteiger partial charge is 0.481 e. The number of hydrogen-bond acceptors (Lipinski definition) is 3. The third-order valence-electron chi connectivity index (χ3n) is 2.58. The summed E-state index contributed by atoms with van der Waals surface area (Å²) in [6, 6.07) is 0. The van der Waals surface area contributed by atoms with Crippen LogP contribution in [0.3, 0.4) is 0 Å². The zero-order chi connectivity index (χ0) is 11.3. The van der Waals surface area contributed by atoms with Crippen LogP contribution < -0.4 is 5.32 Å². The Labute approximate surface area is 88.1 Å². The summed E-state index contributed by atoms with van der Waals surface area (Å²) < 4.78 is 4.69. The standard InChI is InChI=1S/C10H15NO4/c1-2-5-15-10(14)11-6-7-3-4-8(7)9(12)13/h2,7-8H,1,3-6H2,(H,11,14)(H,12,13)/t7-,8-/m1/s1. The highest BCUT2D eigenvalue weighted by Gasteiger charge is 2.36. The van der Waals surface area contributed by atoms with E-state index in [0.29, 0.717) is 13.0 Å². The van der Waals surface area contributed by atoms with Crippen LogP contribution in [0, 0.1) is 11.8 Å². The first-order valence-electron chi connectivity index (χ1n) is 4.89. The van der Waals surface area contributed by atoms with Gasteiger partial charge in [0.05, 0.1) is 5.92 Å². The van der Waals surface area contributed by atoms with Gasteiger partial charge in [-0.1, -0.05) is 12.7 Å². The van der Waals surface area contributed by atoms with Crippen molar-refractivity contribution in [1.82, 2.24) is 5.32 Å². The molecule has 2 atom stereocenters. The second kappa shape index (κ2) is 5.38. The van der Waals surface area contributed by atoms with Gasteiger partial charge in [0.15, 0.2) is 0 Å². The SMILES string of the molecule is C=CCOC(=O)NC[C@H]1CC[C@H]1C(=O)O. The second-order valence-electron chi connectivity index (χ2n) is 3.55. The van der Waals surface area contributed by atoms with Crippen molar-refractivity contribution in [3.05, 3.63) is 12.7 Å². The molecule has 0 bridgehead atoms. The zero-order valence-electron chi connectivity index (χ0n) is 8.44. The van der Waals surface area contributed by atoms with E-state index in [1.165, 1.54) is 6.08 Å². The maximum absolute atomic E-state index is 11.0. The number of hydrogen-bond donors (Lipinski definition) is 2. The molecule has 0 spiro atoms. The molecule has 0 saturated heterocycles. The fraction of sp³-hybridized carbons (Fsp3) is 0.600. The summed E-state index contributed by atoms with van der Waals surface area (Å²) >= 11 is 0. The predicted octanol–water partition coefficient (Wildman–Crippen LogP) is 1.01. The van der Waals surface area contributed by atoms with Crippen molar-refractivity contribution in [1.29, 1.82) is 0 Å². The molecule has 0 aromatic heterocycles. The molecule has 1 fully saturated rings. The topological polar surface area (TPSA) is 75.6 Å². The highest BCUT2D eigenvalue weighted by Crippen LogP contribution is 2.33. The average molecular weight is 213 g/mol. The number of carboxylic acids is 1. The average Bonchev–Trinajstić information content (AvgIpc) is 2.12. The summed E-state index contributed by atoms with van der Waals surface area (Å²) in [6.45, 7) is 3.94. The number of ether oxygens (including phenoxy) is 1. The number of alkyl carbamates (subject to hydrolysis) is 1. The molecule has 2 N–H and O–H groups in total. The monoisotopic (exact) mass is 213 g/mol. The first-order chi connectivity index (χ1) is 7.15. The minimum absolute atomic E-state index is 0.0405. The molecular formula is C10H15NO4. The molecule has 5 nitrogen and oxygen atoms in total. The zero-order valence-corrected chi connectivity index (χ0v) is 8.44. The van der Waals surface area contributed by atoms with Crippen molar-refractivity contribution < 1.29 is 19.4 Å². The summed E-state index contributed by atoms with van der Waals surface area (Å²) in [6.07, 6.45) is 2.50. The van der Waals surface area contributed by atoms with Crippen LogP contribution in [0.25, 0.3) is 0 Å². The lowest BCUT2D eigenvalue weighted by molar-refractivity contribution is -0.147. The fourth-order valence-corrected chi connectivity index (χ4v) is 1.54. The van der Waals surface area contributed by atoms with Crippen molar-refractivity contribution in [3.63, 3.8) is 0 Å². The number of aliphatic carboxylic acids is 1. The van der Waals surface area contributed by atoms with Crippen LogP contribution >= 0.6 is 0 Å². The van der Waals surface area contributed by atoms with Gasteiger partial charge in [0.1, 0.15) is 6.61 Å². The molecule has 1 amide bonds. The van der Waals surface area contributed by atoms with Crippen molar-refractivity contribution in [2.24, 2.45) is 11.8 Å². The van der Waals surface area contributed by atoms with Crippen LogP contribution in [0.5, 0.6) is 0 Å². The van der Waals surface area contributed by atoms with E-state index in [0.717, 1.165) is 6.42 Å². The van der Waals surface area contributed by atoms with E-state index in [-0.39, 0.29) is 18.4 Å². The number of amides is 1. The summed E-state index contributed by atoms with van der Waals surface area (Å²) in [4.78, 5) is 21.6. The van der Waals surface area contributed by atoms with Crippen LogP contribution in [0.4, 0.5) is 4.79 Å². The van der Waals surface area contributed by atoms with Crippen LogP contribution in [0.2, 0.25) is 0 Å². The van der Waals surface area contributed by atoms with Gasteiger partial charge in [0, 0.05) is 6.54 Å². The number of carboxylic acid groups (broad SMARTS) is 1. The van der Waals surface area contributed by atoms with Gasteiger partial charge in [0.2, 0.25) is 0 Å². The van der Waals surface area contributed by atoms with Gasteiger partial charge >= 0.3 is 12.1 Å². The minimum Gasteiger partial charge on any atom is -0.481 e. The van der Waals surface area contributed by atoms with Crippen LogP contribution in [-0.2, 0) is 9.53 Å². The maximum atomic E-state index is 11.0. The lowest BCUT2D eigenvalue weighted by Gasteiger charge is -2.33. The lowest BCUT2D eigenvalue weighted by Crippen LogP contribution is -2.41. The van der Waals surface area contributed by atoms with Gasteiger partial charge < -0.3 is 15.2 Å². The molecule has 84 valence electrons. The first-order valence-corrected chi connectivity index (χ1v) is 4.89. The molecule has 0 radical (unpaired) electrons. The Morgan fingerprint density at radius 3 is 2.73 bits per heavy atom. The molecule has 1 rings (SSSR count). The molecule has 0 aromatic rings. The van der Waals surface area contributed by atoms with Crippen molar-refractivity contribution in [3.8, 4) is 0 Å². The Bertz CT molecular complexity index is 264. The summed E-state index contributed by atoms with van der Waals surface area (Å²) in [5.74, 6) is -1.06. The Balaban J connectivity index is 2.17. The first kappa shape index (κ1) is 11.6. The highest BCUT2D eigenvalue weighted by molar-refractivity contribution is 5.72. The van der Waals surface area contributed by atoms with E-state index in [4.69, 9.17) is 9.84 Å². The number of carbonyl (C=O) groups is 2. The molecule has 0 heterocycles. The molecule has 15 heavy (non-hydrogen) atoms. The summed E-state index contributed by atoms with van der Waals surface area (Å²) in [5, 5.41) is 11.3. The normalized spacial score (nSPS) is 23.7. The molecular weight excluding hydrogens is 198 g/mol. The van der Waals surface area contributed by atoms with Crippen molar-refractivity contribution in [2.75, 3.05) is 13.2 Å². The van der Waals surface area contributed by atoms with E-state index >= 15 is 0 Å². The van der Waals surface area contributed by atoms with Crippen molar-refractivity contribution >= 4 is 12.1 Å². The fourth-order valence-electron chi connectivity index (χ4n) is 1.54. The molecule has 0 aliphatic heterocycles. The Kier molecular flexibility index (Phi) is 4.15. The maximum Gasteiger partial charge on any atom is 0.407 e. The summed E-state index contributed by atoms with van der Waals surface area (Å²) in [5.41, 5.74) is 0. The highest BCUT2D eigenvalue weighted by atomic mass is 16.5. The minimum atomic E-state index is -0.785. The molecule has 5 heteroatoms. The van der Waals surface area contributed by atoms with Crippen LogP contribution in [0.1, 0.15) is 12.8 Å². The van der Waals surface area contributed by atoms with Gasteiger partial charge in [-0.3, -0.25) is 4.79 Å². The molecule has 0 aromatic carbocycles. The van der Waals surface area contributed by atoms with E-state index < -0.39 is 12.1 Å². The number of rotatable bonds is 5. The molecule has 0 unspecified atom stereocenters. The molecule has 1 saturated carbocycles. The smallest absolute Gasteiger partial charge is 0.407 e. The number of nitrogens with one attached hydrogen (secondary N) is 1. The van der Waals surface area contributed by atoms with Gasteiger partial charge in [-0.05, 0) is 18.8 Å². The van der Waals surface area contributed by atoms with E-state index in [9.17, 15) is 9.59 Å². The Morgan fingerprint density at radius 1 is 1.53 bits per heavy atom. The Hall–Kier alpha value is -1.52. The predicted molar refractivity (Wildman–Crippen MR) is 53.4 cm³/mol. The number of carbonyl (C=O) groups excluding carboxylic acids is 1. The van der Waals surface area contributed by atoms with Gasteiger partial charge in [-0.2, -0.15) is 0 Å². The van der Waals surface area contributed by atoms with Crippen molar-refractivity contribution in [2.45, 2.75) is 12.8 Å². The van der Waals surface area contributed by atoms with Crippen LogP contribution in [-0.4, -0.2) is 30.3 Å². The third-order valence-corrected chi connectivity index (χ3v) is 2.58. The van der Waals surface area contributed by atoms with Gasteiger partial charge in [0.25, 0.3) is 0 Å². The molecule has 1 aliphatic carbocycles. The molecule has 1 aliphatic rings.